The number of piperidine rings is 1. The van der Waals surface area contributed by atoms with E-state index >= 15 is 0 Å². The van der Waals surface area contributed by atoms with Crippen LogP contribution >= 0.6 is 0 Å². The number of fused-ring (bicyclic) bond motifs is 1. The number of benzene rings is 1. The van der Waals surface area contributed by atoms with Gasteiger partial charge in [0.25, 0.3) is 0 Å². The third-order valence-corrected chi connectivity index (χ3v) is 8.87. The van der Waals surface area contributed by atoms with Crippen molar-refractivity contribution in [2.24, 2.45) is 5.92 Å². The molecule has 0 atom stereocenters. The summed E-state index contributed by atoms with van der Waals surface area (Å²) in [7, 11) is 0. The number of nitriles is 1. The van der Waals surface area contributed by atoms with Gasteiger partial charge in [-0.05, 0) is 87.3 Å². The Morgan fingerprint density at radius 1 is 1.13 bits per heavy atom. The van der Waals surface area contributed by atoms with E-state index in [0.717, 1.165) is 36.6 Å². The average molecular weight is 648 g/mol. The molecule has 0 spiro atoms. The second-order valence-corrected chi connectivity index (χ2v) is 12.9. The van der Waals surface area contributed by atoms with E-state index in [0.29, 0.717) is 54.7 Å². The number of nitrogens with one attached hydrogen (secondary N) is 2. The summed E-state index contributed by atoms with van der Waals surface area (Å²) >= 11 is 0. The van der Waals surface area contributed by atoms with Gasteiger partial charge in [-0.25, -0.2) is 0 Å². The molecule has 0 aliphatic carbocycles. The Hall–Kier alpha value is -4.55. The number of carbonyl (C=O) groups is 2. The standard InChI is InChI=1S/C35H40F3N7O2/c1-34(2,23-39)31-10-8-28(20-42-31)40-13-3-4-29-19-27-18-26(7-9-30(27)45(29)24-35(36,37)38)6-5-25-11-15-44(16-12-25)33(47)22-43-17-14-41-32(46)21-43/h7-10,18-20,25,40H,5-6,11-17,21-22,24H2,1-2H3,(H,41,46). The molecule has 47 heavy (non-hydrogen) atoms. The van der Waals surface area contributed by atoms with Crippen molar-refractivity contribution in [3.05, 3.63) is 59.5 Å². The lowest BCUT2D eigenvalue weighted by atomic mass is 9.90. The van der Waals surface area contributed by atoms with Crippen LogP contribution in [0.25, 0.3) is 10.9 Å². The SMILES string of the molecule is CC(C)(C#N)c1ccc(NCC#Cc2cc3cc(CCC4CCN(C(=O)CN5CCNC(=O)C5)CC4)ccc3n2CC(F)(F)F)cn1. The lowest BCUT2D eigenvalue weighted by Crippen LogP contribution is -2.52. The van der Waals surface area contributed by atoms with Crippen molar-refractivity contribution in [1.82, 2.24) is 24.7 Å². The second kappa shape index (κ2) is 14.5. The minimum atomic E-state index is -4.40. The Morgan fingerprint density at radius 3 is 2.60 bits per heavy atom. The molecule has 4 heterocycles. The summed E-state index contributed by atoms with van der Waals surface area (Å²) in [5, 5.41) is 15.9. The van der Waals surface area contributed by atoms with Gasteiger partial charge in [-0.1, -0.05) is 12.0 Å². The number of nitrogens with zero attached hydrogens (tertiary/aromatic N) is 5. The van der Waals surface area contributed by atoms with E-state index in [4.69, 9.17) is 0 Å². The maximum atomic E-state index is 13.5. The molecule has 0 bridgehead atoms. The lowest BCUT2D eigenvalue weighted by Gasteiger charge is -2.34. The summed E-state index contributed by atoms with van der Waals surface area (Å²) in [6, 6.07) is 13.1. The minimum absolute atomic E-state index is 0.0476. The van der Waals surface area contributed by atoms with Gasteiger partial charge in [0, 0.05) is 37.1 Å². The fourth-order valence-electron chi connectivity index (χ4n) is 6.10. The highest BCUT2D eigenvalue weighted by Crippen LogP contribution is 2.28. The summed E-state index contributed by atoms with van der Waals surface area (Å²) in [5.41, 5.74) is 2.47. The smallest absolute Gasteiger partial charge is 0.373 e. The van der Waals surface area contributed by atoms with Crippen LogP contribution in [0.5, 0.6) is 0 Å². The number of piperazine rings is 1. The largest absolute Gasteiger partial charge is 0.406 e. The molecule has 2 amide bonds. The molecular weight excluding hydrogens is 607 g/mol. The number of aromatic nitrogens is 2. The fourth-order valence-corrected chi connectivity index (χ4v) is 6.10. The Kier molecular flexibility index (Phi) is 10.4. The number of likely N-dealkylation sites (tertiary alicyclic amines) is 1. The summed E-state index contributed by atoms with van der Waals surface area (Å²) in [5.74, 6) is 6.33. The zero-order valence-electron chi connectivity index (χ0n) is 26.8. The van der Waals surface area contributed by atoms with Gasteiger partial charge in [0.05, 0.1) is 54.4 Å². The van der Waals surface area contributed by atoms with Gasteiger partial charge in [0.15, 0.2) is 0 Å². The minimum Gasteiger partial charge on any atom is -0.373 e. The van der Waals surface area contributed by atoms with Crippen LogP contribution in [0.3, 0.4) is 0 Å². The third kappa shape index (κ3) is 9.05. The molecule has 2 saturated heterocycles. The Labute approximate surface area is 273 Å². The van der Waals surface area contributed by atoms with E-state index in [1.165, 1.54) is 4.57 Å². The molecule has 248 valence electrons. The molecule has 9 nitrogen and oxygen atoms in total. The molecule has 3 aromatic rings. The number of pyridine rings is 1. The molecule has 2 fully saturated rings. The van der Waals surface area contributed by atoms with Gasteiger partial charge in [-0.2, -0.15) is 18.4 Å². The molecule has 0 radical (unpaired) electrons. The van der Waals surface area contributed by atoms with Crippen molar-refractivity contribution in [1.29, 1.82) is 5.26 Å². The molecule has 2 aliphatic rings. The van der Waals surface area contributed by atoms with Crippen LogP contribution in [0.1, 0.15) is 50.1 Å². The first-order valence-corrected chi connectivity index (χ1v) is 16.0. The molecule has 2 aromatic heterocycles. The van der Waals surface area contributed by atoms with Crippen molar-refractivity contribution in [3.8, 4) is 17.9 Å². The fraction of sp³-hybridized carbons (Fsp3) is 0.486. The van der Waals surface area contributed by atoms with E-state index in [2.05, 4.69) is 33.5 Å². The van der Waals surface area contributed by atoms with E-state index in [9.17, 15) is 28.0 Å². The maximum absolute atomic E-state index is 13.5. The second-order valence-electron chi connectivity index (χ2n) is 12.9. The third-order valence-electron chi connectivity index (χ3n) is 8.87. The maximum Gasteiger partial charge on any atom is 0.406 e. The molecule has 5 rings (SSSR count). The number of amides is 2. The number of carbonyl (C=O) groups excluding carboxylic acids is 2. The Balaban J connectivity index is 1.17. The highest BCUT2D eigenvalue weighted by Gasteiger charge is 2.30. The first kappa shape index (κ1) is 33.8. The normalized spacial score (nSPS) is 16.3. The Bertz CT molecular complexity index is 1690. The summed E-state index contributed by atoms with van der Waals surface area (Å²) in [6.07, 6.45) is 0.753. The van der Waals surface area contributed by atoms with E-state index in [1.54, 1.807) is 44.3 Å². The molecule has 1 aromatic carbocycles. The molecule has 0 saturated carbocycles. The van der Waals surface area contributed by atoms with Crippen molar-refractivity contribution in [2.75, 3.05) is 51.1 Å². The summed E-state index contributed by atoms with van der Waals surface area (Å²) in [6.45, 7) is 5.82. The highest BCUT2D eigenvalue weighted by molar-refractivity contribution is 5.83. The van der Waals surface area contributed by atoms with Gasteiger partial charge >= 0.3 is 6.18 Å². The van der Waals surface area contributed by atoms with E-state index in [1.807, 2.05) is 21.9 Å². The average Bonchev–Trinajstić information content (AvgIpc) is 3.37. The van der Waals surface area contributed by atoms with Gasteiger partial charge in [0.2, 0.25) is 11.8 Å². The van der Waals surface area contributed by atoms with Crippen LogP contribution < -0.4 is 10.6 Å². The number of hydrogen-bond donors (Lipinski definition) is 2. The summed E-state index contributed by atoms with van der Waals surface area (Å²) in [4.78, 5) is 32.5. The van der Waals surface area contributed by atoms with Crippen LogP contribution in [0.2, 0.25) is 0 Å². The molecule has 12 heteroatoms. The van der Waals surface area contributed by atoms with Crippen molar-refractivity contribution >= 4 is 28.4 Å². The van der Waals surface area contributed by atoms with Gasteiger partial charge < -0.3 is 20.1 Å². The number of alkyl halides is 3. The van der Waals surface area contributed by atoms with Crippen molar-refractivity contribution in [2.45, 2.75) is 57.7 Å². The number of aryl methyl sites for hydroxylation is 1. The van der Waals surface area contributed by atoms with Crippen molar-refractivity contribution < 1.29 is 22.8 Å². The quantitative estimate of drug-likeness (QED) is 0.332. The number of halogens is 3. The number of anilines is 1. The summed E-state index contributed by atoms with van der Waals surface area (Å²) < 4.78 is 41.8. The van der Waals surface area contributed by atoms with Crippen LogP contribution in [0, 0.1) is 29.1 Å². The van der Waals surface area contributed by atoms with E-state index < -0.39 is 18.1 Å². The number of hydrogen-bond acceptors (Lipinski definition) is 6. The van der Waals surface area contributed by atoms with Crippen LogP contribution in [-0.2, 0) is 28.0 Å². The Morgan fingerprint density at radius 2 is 1.91 bits per heavy atom. The first-order valence-electron chi connectivity index (χ1n) is 16.0. The first-order chi connectivity index (χ1) is 22.4. The van der Waals surface area contributed by atoms with Crippen LogP contribution in [0.4, 0.5) is 18.9 Å². The van der Waals surface area contributed by atoms with Crippen molar-refractivity contribution in [3.63, 3.8) is 0 Å². The molecule has 2 N–H and O–H groups in total. The molecular formula is C35H40F3N7O2. The van der Waals surface area contributed by atoms with Gasteiger partial charge in [0.1, 0.15) is 6.54 Å². The zero-order valence-corrected chi connectivity index (χ0v) is 26.8. The number of rotatable bonds is 9. The van der Waals surface area contributed by atoms with Crippen LogP contribution in [0.15, 0.2) is 42.6 Å². The van der Waals surface area contributed by atoms with E-state index in [-0.39, 0.29) is 31.4 Å². The molecule has 0 unspecified atom stereocenters. The monoisotopic (exact) mass is 647 g/mol. The van der Waals surface area contributed by atoms with Gasteiger partial charge in [-0.15, -0.1) is 0 Å². The predicted octanol–water partition coefficient (Wildman–Crippen LogP) is 4.47. The lowest BCUT2D eigenvalue weighted by molar-refractivity contribution is -0.140. The molecule has 2 aliphatic heterocycles. The topological polar surface area (TPSA) is 106 Å². The van der Waals surface area contributed by atoms with Crippen LogP contribution in [-0.4, -0.2) is 83.2 Å². The highest BCUT2D eigenvalue weighted by atomic mass is 19.4. The zero-order chi connectivity index (χ0) is 33.6. The van der Waals surface area contributed by atoms with Gasteiger partial charge in [-0.3, -0.25) is 19.5 Å². The predicted molar refractivity (Wildman–Crippen MR) is 173 cm³/mol.